The maximum Gasteiger partial charge on any atom is 0.335 e. The number of nitriles is 1. The van der Waals surface area contributed by atoms with E-state index in [1.54, 1.807) is 4.90 Å². The van der Waals surface area contributed by atoms with E-state index in [2.05, 4.69) is 4.98 Å². The van der Waals surface area contributed by atoms with Crippen molar-refractivity contribution in [1.82, 2.24) is 4.98 Å². The normalized spacial score (nSPS) is 19.3. The highest BCUT2D eigenvalue weighted by atomic mass is 35.5. The number of rotatable bonds is 2. The van der Waals surface area contributed by atoms with Crippen molar-refractivity contribution in [1.29, 1.82) is 5.26 Å². The number of aromatic carboxylic acids is 1. The Morgan fingerprint density at radius 3 is 3.11 bits per heavy atom. The number of hydrogen-bond acceptors (Lipinski definition) is 5. The number of nitrogens with zero attached hydrogens (tertiary/aromatic N) is 3. The largest absolute Gasteiger partial charge is 0.478 e. The minimum Gasteiger partial charge on any atom is -0.478 e. The number of ether oxygens (including phenoxy) is 1. The lowest BCUT2D eigenvalue weighted by molar-refractivity contribution is 0.0696. The number of pyridine rings is 1. The molecule has 1 aliphatic heterocycles. The Hall–Kier alpha value is -1.84. The van der Waals surface area contributed by atoms with E-state index in [9.17, 15) is 4.79 Å². The molecule has 0 bridgehead atoms. The van der Waals surface area contributed by atoms with Crippen LogP contribution in [0.15, 0.2) is 12.1 Å². The summed E-state index contributed by atoms with van der Waals surface area (Å²) in [6.45, 7) is 1.29. The quantitative estimate of drug-likeness (QED) is 0.809. The van der Waals surface area contributed by atoms with Crippen molar-refractivity contribution >= 4 is 23.4 Å². The lowest BCUT2D eigenvalue weighted by atomic mass is 10.2. The molecule has 94 valence electrons. The lowest BCUT2D eigenvalue weighted by Gasteiger charge is -2.30. The number of halogens is 1. The van der Waals surface area contributed by atoms with Gasteiger partial charge in [-0.3, -0.25) is 0 Å². The fourth-order valence-corrected chi connectivity index (χ4v) is 1.91. The maximum absolute atomic E-state index is 10.9. The van der Waals surface area contributed by atoms with Crippen LogP contribution >= 0.6 is 11.6 Å². The van der Waals surface area contributed by atoms with Crippen LogP contribution < -0.4 is 4.90 Å². The zero-order chi connectivity index (χ0) is 13.1. The van der Waals surface area contributed by atoms with Gasteiger partial charge in [-0.25, -0.2) is 9.78 Å². The molecular formula is C11H10ClN3O3. The summed E-state index contributed by atoms with van der Waals surface area (Å²) in [5.74, 6) is -0.617. The van der Waals surface area contributed by atoms with Crippen LogP contribution in [-0.4, -0.2) is 41.9 Å². The molecule has 1 aromatic rings. The Balaban J connectivity index is 2.27. The smallest absolute Gasteiger partial charge is 0.335 e. The number of carbonyl (C=O) groups is 1. The fourth-order valence-electron chi connectivity index (χ4n) is 1.70. The van der Waals surface area contributed by atoms with E-state index >= 15 is 0 Å². The van der Waals surface area contributed by atoms with Crippen LogP contribution in [0.4, 0.5) is 5.82 Å². The fraction of sp³-hybridized carbons (Fsp3) is 0.364. The Bertz CT molecular complexity index is 515. The molecule has 18 heavy (non-hydrogen) atoms. The van der Waals surface area contributed by atoms with Gasteiger partial charge in [0.2, 0.25) is 0 Å². The molecule has 0 radical (unpaired) electrons. The van der Waals surface area contributed by atoms with Gasteiger partial charge in [-0.05, 0) is 12.1 Å². The Kier molecular flexibility index (Phi) is 3.65. The minimum absolute atomic E-state index is 0.0741. The molecule has 1 fully saturated rings. The molecule has 1 atom stereocenters. The molecule has 2 rings (SSSR count). The van der Waals surface area contributed by atoms with Crippen LogP contribution in [0.3, 0.4) is 0 Å². The Morgan fingerprint density at radius 1 is 1.67 bits per heavy atom. The highest BCUT2D eigenvalue weighted by molar-refractivity contribution is 6.29. The molecule has 1 N–H and O–H groups in total. The second-order valence-electron chi connectivity index (χ2n) is 3.78. The third kappa shape index (κ3) is 2.70. The molecule has 0 aromatic carbocycles. The van der Waals surface area contributed by atoms with E-state index in [4.69, 9.17) is 26.7 Å². The van der Waals surface area contributed by atoms with Crippen LogP contribution in [0, 0.1) is 11.3 Å². The van der Waals surface area contributed by atoms with Crippen molar-refractivity contribution in [2.75, 3.05) is 24.6 Å². The van der Waals surface area contributed by atoms with Gasteiger partial charge in [0.1, 0.15) is 11.0 Å². The zero-order valence-electron chi connectivity index (χ0n) is 9.34. The first kappa shape index (κ1) is 12.6. The summed E-state index contributed by atoms with van der Waals surface area (Å²) in [6.07, 6.45) is -0.534. The maximum atomic E-state index is 10.9. The number of hydrogen-bond donors (Lipinski definition) is 1. The molecule has 2 heterocycles. The molecule has 1 unspecified atom stereocenters. The average molecular weight is 268 g/mol. The number of morpholine rings is 1. The van der Waals surface area contributed by atoms with Gasteiger partial charge in [0, 0.05) is 6.54 Å². The van der Waals surface area contributed by atoms with E-state index < -0.39 is 12.1 Å². The number of carboxylic acids is 1. The SMILES string of the molecule is N#CC1CN(c2cc(C(=O)O)cc(Cl)n2)CCO1. The van der Waals surface area contributed by atoms with Crippen LogP contribution in [0.1, 0.15) is 10.4 Å². The van der Waals surface area contributed by atoms with Crippen molar-refractivity contribution in [2.45, 2.75) is 6.10 Å². The van der Waals surface area contributed by atoms with E-state index in [0.29, 0.717) is 25.5 Å². The summed E-state index contributed by atoms with van der Waals surface area (Å²) in [7, 11) is 0. The van der Waals surface area contributed by atoms with Crippen LogP contribution in [-0.2, 0) is 4.74 Å². The summed E-state index contributed by atoms with van der Waals surface area (Å²) in [4.78, 5) is 16.8. The second-order valence-corrected chi connectivity index (χ2v) is 4.16. The molecule has 0 amide bonds. The third-order valence-corrected chi connectivity index (χ3v) is 2.76. The van der Waals surface area contributed by atoms with E-state index in [1.165, 1.54) is 12.1 Å². The van der Waals surface area contributed by atoms with E-state index in [1.807, 2.05) is 6.07 Å². The van der Waals surface area contributed by atoms with E-state index in [0.717, 1.165) is 0 Å². The highest BCUT2D eigenvalue weighted by Gasteiger charge is 2.22. The van der Waals surface area contributed by atoms with Crippen molar-refractivity contribution < 1.29 is 14.6 Å². The van der Waals surface area contributed by atoms with Crippen LogP contribution in [0.2, 0.25) is 5.15 Å². The number of anilines is 1. The molecule has 7 heteroatoms. The Labute approximate surface area is 108 Å². The standard InChI is InChI=1S/C11H10ClN3O3/c12-9-3-7(11(16)17)4-10(14-9)15-1-2-18-8(5-13)6-15/h3-4,8H,1-2,6H2,(H,16,17). The predicted octanol–water partition coefficient (Wildman–Crippen LogP) is 1.16. The average Bonchev–Trinajstić information content (AvgIpc) is 2.38. The van der Waals surface area contributed by atoms with Gasteiger partial charge in [-0.1, -0.05) is 11.6 Å². The molecule has 1 saturated heterocycles. The van der Waals surface area contributed by atoms with Crippen molar-refractivity contribution in [2.24, 2.45) is 0 Å². The lowest BCUT2D eigenvalue weighted by Crippen LogP contribution is -2.42. The van der Waals surface area contributed by atoms with Crippen LogP contribution in [0.25, 0.3) is 0 Å². The first-order chi connectivity index (χ1) is 8.60. The summed E-state index contributed by atoms with van der Waals surface area (Å²) in [6, 6.07) is 4.74. The first-order valence-corrected chi connectivity index (χ1v) is 5.65. The zero-order valence-corrected chi connectivity index (χ0v) is 10.1. The summed E-state index contributed by atoms with van der Waals surface area (Å²) < 4.78 is 5.21. The summed E-state index contributed by atoms with van der Waals surface area (Å²) in [5, 5.41) is 17.9. The summed E-state index contributed by atoms with van der Waals surface area (Å²) in [5.41, 5.74) is 0.0741. The number of aromatic nitrogens is 1. The highest BCUT2D eigenvalue weighted by Crippen LogP contribution is 2.20. The van der Waals surface area contributed by atoms with Gasteiger partial charge in [0.15, 0.2) is 6.10 Å². The monoisotopic (exact) mass is 267 g/mol. The van der Waals surface area contributed by atoms with Gasteiger partial charge in [0.05, 0.1) is 24.8 Å². The van der Waals surface area contributed by atoms with Gasteiger partial charge in [-0.2, -0.15) is 5.26 Å². The second kappa shape index (κ2) is 5.21. The van der Waals surface area contributed by atoms with Crippen molar-refractivity contribution in [3.05, 3.63) is 22.8 Å². The minimum atomic E-state index is -1.06. The summed E-state index contributed by atoms with van der Waals surface area (Å²) >= 11 is 5.79. The topological polar surface area (TPSA) is 86.5 Å². The molecule has 6 nitrogen and oxygen atoms in total. The van der Waals surface area contributed by atoms with Crippen molar-refractivity contribution in [3.63, 3.8) is 0 Å². The third-order valence-electron chi connectivity index (χ3n) is 2.56. The van der Waals surface area contributed by atoms with E-state index in [-0.39, 0.29) is 10.7 Å². The van der Waals surface area contributed by atoms with Crippen LogP contribution in [0.5, 0.6) is 0 Å². The van der Waals surface area contributed by atoms with Gasteiger partial charge in [-0.15, -0.1) is 0 Å². The molecule has 0 spiro atoms. The van der Waals surface area contributed by atoms with Gasteiger partial charge >= 0.3 is 5.97 Å². The molecule has 0 saturated carbocycles. The molecular weight excluding hydrogens is 258 g/mol. The van der Waals surface area contributed by atoms with Crippen molar-refractivity contribution in [3.8, 4) is 6.07 Å². The molecule has 1 aromatic heterocycles. The molecule has 1 aliphatic rings. The number of carboxylic acid groups (broad SMARTS) is 1. The molecule has 0 aliphatic carbocycles. The predicted molar refractivity (Wildman–Crippen MR) is 63.8 cm³/mol. The first-order valence-electron chi connectivity index (χ1n) is 5.27. The Morgan fingerprint density at radius 2 is 2.44 bits per heavy atom. The van der Waals surface area contributed by atoms with Gasteiger partial charge < -0.3 is 14.7 Å². The van der Waals surface area contributed by atoms with Gasteiger partial charge in [0.25, 0.3) is 0 Å².